The zero-order valence-electron chi connectivity index (χ0n) is 14.7. The predicted octanol–water partition coefficient (Wildman–Crippen LogP) is 3.85. The van der Waals surface area contributed by atoms with Crippen LogP contribution in [0, 0.1) is 0 Å². The number of hydrogen-bond donors (Lipinski definition) is 1. The standard InChI is InChI=1S/C20H26N2O2/c1-20(2,3)16-9-11-18(12-10-16)24-14-6-8-19(23)22-15-17-7-4-5-13-21-17/h4-5,7,9-13H,6,8,14-15H2,1-3H3,(H,22,23). The van der Waals surface area contributed by atoms with Gasteiger partial charge in [0.1, 0.15) is 5.75 Å². The fourth-order valence-electron chi connectivity index (χ4n) is 2.25. The quantitative estimate of drug-likeness (QED) is 0.786. The number of hydrogen-bond acceptors (Lipinski definition) is 3. The van der Waals surface area contributed by atoms with Crippen LogP contribution in [0.2, 0.25) is 0 Å². The van der Waals surface area contributed by atoms with E-state index in [1.54, 1.807) is 6.20 Å². The van der Waals surface area contributed by atoms with Crippen molar-refractivity contribution < 1.29 is 9.53 Å². The van der Waals surface area contributed by atoms with Gasteiger partial charge in [-0.25, -0.2) is 0 Å². The summed E-state index contributed by atoms with van der Waals surface area (Å²) in [5, 5.41) is 2.86. The van der Waals surface area contributed by atoms with E-state index in [1.807, 2.05) is 30.3 Å². The topological polar surface area (TPSA) is 51.2 Å². The van der Waals surface area contributed by atoms with Gasteiger partial charge >= 0.3 is 0 Å². The van der Waals surface area contributed by atoms with E-state index in [0.29, 0.717) is 26.0 Å². The zero-order chi connectivity index (χ0) is 17.4. The van der Waals surface area contributed by atoms with Gasteiger partial charge in [0.05, 0.1) is 18.8 Å². The number of amides is 1. The van der Waals surface area contributed by atoms with Crippen LogP contribution in [0.15, 0.2) is 48.7 Å². The molecule has 1 amide bonds. The summed E-state index contributed by atoms with van der Waals surface area (Å²) in [6, 6.07) is 13.8. The molecule has 1 aromatic carbocycles. The Labute approximate surface area is 144 Å². The highest BCUT2D eigenvalue weighted by Crippen LogP contribution is 2.24. The van der Waals surface area contributed by atoms with Crippen molar-refractivity contribution >= 4 is 5.91 Å². The lowest BCUT2D eigenvalue weighted by atomic mass is 9.87. The molecule has 2 rings (SSSR count). The summed E-state index contributed by atoms with van der Waals surface area (Å²) >= 11 is 0. The molecule has 0 saturated carbocycles. The number of benzene rings is 1. The summed E-state index contributed by atoms with van der Waals surface area (Å²) in [4.78, 5) is 16.0. The second-order valence-corrected chi connectivity index (χ2v) is 6.82. The largest absolute Gasteiger partial charge is 0.494 e. The van der Waals surface area contributed by atoms with E-state index < -0.39 is 0 Å². The van der Waals surface area contributed by atoms with Gasteiger partial charge in [-0.3, -0.25) is 9.78 Å². The highest BCUT2D eigenvalue weighted by Gasteiger charge is 2.12. The molecule has 1 aromatic heterocycles. The van der Waals surface area contributed by atoms with Gasteiger partial charge in [-0.15, -0.1) is 0 Å². The van der Waals surface area contributed by atoms with Crippen LogP contribution in [0.25, 0.3) is 0 Å². The number of carbonyl (C=O) groups is 1. The highest BCUT2D eigenvalue weighted by atomic mass is 16.5. The van der Waals surface area contributed by atoms with Gasteiger partial charge in [0.15, 0.2) is 0 Å². The summed E-state index contributed by atoms with van der Waals surface area (Å²) in [5.41, 5.74) is 2.29. The molecule has 0 radical (unpaired) electrons. The maximum Gasteiger partial charge on any atom is 0.220 e. The Bertz CT molecular complexity index is 631. The molecule has 1 N–H and O–H groups in total. The Morgan fingerprint density at radius 2 is 1.88 bits per heavy atom. The molecule has 1 heterocycles. The fraction of sp³-hybridized carbons (Fsp3) is 0.400. The molecule has 4 heteroatoms. The molecule has 0 saturated heterocycles. The minimum atomic E-state index is 0.0207. The Morgan fingerprint density at radius 1 is 1.12 bits per heavy atom. The zero-order valence-corrected chi connectivity index (χ0v) is 14.7. The predicted molar refractivity (Wildman–Crippen MR) is 96.0 cm³/mol. The van der Waals surface area contributed by atoms with Crippen molar-refractivity contribution in [1.82, 2.24) is 10.3 Å². The van der Waals surface area contributed by atoms with E-state index in [9.17, 15) is 4.79 Å². The number of pyridine rings is 1. The highest BCUT2D eigenvalue weighted by molar-refractivity contribution is 5.75. The normalized spacial score (nSPS) is 11.1. The van der Waals surface area contributed by atoms with Crippen LogP contribution in [0.3, 0.4) is 0 Å². The second kappa shape index (κ2) is 8.48. The maximum absolute atomic E-state index is 11.8. The molecule has 0 fully saturated rings. The third-order valence-corrected chi connectivity index (χ3v) is 3.73. The Hall–Kier alpha value is -2.36. The van der Waals surface area contributed by atoms with Gasteiger partial charge in [0.25, 0.3) is 0 Å². The second-order valence-electron chi connectivity index (χ2n) is 6.82. The van der Waals surface area contributed by atoms with Crippen molar-refractivity contribution in [2.24, 2.45) is 0 Å². The van der Waals surface area contributed by atoms with Gasteiger partial charge < -0.3 is 10.1 Å². The molecule has 0 aliphatic carbocycles. The van der Waals surface area contributed by atoms with E-state index in [1.165, 1.54) is 5.56 Å². The molecular formula is C20H26N2O2. The summed E-state index contributed by atoms with van der Waals surface area (Å²) in [6.07, 6.45) is 2.86. The van der Waals surface area contributed by atoms with E-state index in [2.05, 4.69) is 43.2 Å². The minimum Gasteiger partial charge on any atom is -0.494 e. The average molecular weight is 326 g/mol. The number of rotatable bonds is 7. The van der Waals surface area contributed by atoms with E-state index >= 15 is 0 Å². The van der Waals surface area contributed by atoms with Crippen LogP contribution in [-0.4, -0.2) is 17.5 Å². The first-order valence-electron chi connectivity index (χ1n) is 8.35. The van der Waals surface area contributed by atoms with Gasteiger partial charge in [-0.1, -0.05) is 39.0 Å². The van der Waals surface area contributed by atoms with Crippen molar-refractivity contribution in [1.29, 1.82) is 0 Å². The SMILES string of the molecule is CC(C)(C)c1ccc(OCCCC(=O)NCc2ccccn2)cc1. The van der Waals surface area contributed by atoms with Crippen LogP contribution < -0.4 is 10.1 Å². The lowest BCUT2D eigenvalue weighted by molar-refractivity contribution is -0.121. The third-order valence-electron chi connectivity index (χ3n) is 3.73. The first-order valence-corrected chi connectivity index (χ1v) is 8.35. The Balaban J connectivity index is 1.64. The maximum atomic E-state index is 11.8. The van der Waals surface area contributed by atoms with Gasteiger partial charge in [0, 0.05) is 12.6 Å². The number of nitrogens with one attached hydrogen (secondary N) is 1. The Kier molecular flexibility index (Phi) is 6.36. The number of nitrogens with zero attached hydrogens (tertiary/aromatic N) is 1. The van der Waals surface area contributed by atoms with Crippen molar-refractivity contribution in [3.63, 3.8) is 0 Å². The van der Waals surface area contributed by atoms with Crippen molar-refractivity contribution in [2.45, 2.75) is 45.6 Å². The van der Waals surface area contributed by atoms with E-state index in [0.717, 1.165) is 11.4 Å². The number of aromatic nitrogens is 1. The fourth-order valence-corrected chi connectivity index (χ4v) is 2.25. The van der Waals surface area contributed by atoms with Crippen molar-refractivity contribution in [2.75, 3.05) is 6.61 Å². The molecule has 0 spiro atoms. The first kappa shape index (κ1) is 18.0. The van der Waals surface area contributed by atoms with Crippen molar-refractivity contribution in [3.05, 3.63) is 59.9 Å². The average Bonchev–Trinajstić information content (AvgIpc) is 2.57. The molecular weight excluding hydrogens is 300 g/mol. The first-order chi connectivity index (χ1) is 11.4. The molecule has 128 valence electrons. The summed E-state index contributed by atoms with van der Waals surface area (Å²) in [5.74, 6) is 0.865. The van der Waals surface area contributed by atoms with Crippen molar-refractivity contribution in [3.8, 4) is 5.75 Å². The number of carbonyl (C=O) groups excluding carboxylic acids is 1. The molecule has 0 unspecified atom stereocenters. The van der Waals surface area contributed by atoms with Crippen LogP contribution >= 0.6 is 0 Å². The minimum absolute atomic E-state index is 0.0207. The molecule has 0 atom stereocenters. The summed E-state index contributed by atoms with van der Waals surface area (Å²) < 4.78 is 5.69. The monoisotopic (exact) mass is 326 g/mol. The third kappa shape index (κ3) is 6.03. The van der Waals surface area contributed by atoms with Crippen LogP contribution in [0.5, 0.6) is 5.75 Å². The van der Waals surface area contributed by atoms with E-state index in [-0.39, 0.29) is 11.3 Å². The lowest BCUT2D eigenvalue weighted by Crippen LogP contribution is -2.23. The van der Waals surface area contributed by atoms with Crippen LogP contribution in [0.4, 0.5) is 0 Å². The number of ether oxygens (including phenoxy) is 1. The molecule has 0 aliphatic rings. The summed E-state index contributed by atoms with van der Waals surface area (Å²) in [6.45, 7) is 7.56. The van der Waals surface area contributed by atoms with Crippen LogP contribution in [0.1, 0.15) is 44.9 Å². The lowest BCUT2D eigenvalue weighted by Gasteiger charge is -2.19. The molecule has 0 aliphatic heterocycles. The molecule has 4 nitrogen and oxygen atoms in total. The molecule has 24 heavy (non-hydrogen) atoms. The molecule has 0 bridgehead atoms. The van der Waals surface area contributed by atoms with Gasteiger partial charge in [0.2, 0.25) is 5.91 Å². The van der Waals surface area contributed by atoms with Crippen LogP contribution in [-0.2, 0) is 16.8 Å². The Morgan fingerprint density at radius 3 is 2.50 bits per heavy atom. The smallest absolute Gasteiger partial charge is 0.220 e. The van der Waals surface area contributed by atoms with E-state index in [4.69, 9.17) is 4.74 Å². The van der Waals surface area contributed by atoms with Gasteiger partial charge in [-0.2, -0.15) is 0 Å². The van der Waals surface area contributed by atoms with Gasteiger partial charge in [-0.05, 0) is 41.7 Å². The molecule has 2 aromatic rings. The summed E-state index contributed by atoms with van der Waals surface area (Å²) in [7, 11) is 0.